The van der Waals surface area contributed by atoms with Crippen LogP contribution >= 0.6 is 0 Å². The second-order valence-electron chi connectivity index (χ2n) is 7.45. The second-order valence-corrected chi connectivity index (χ2v) is 7.45. The van der Waals surface area contributed by atoms with Gasteiger partial charge in [0, 0.05) is 31.4 Å². The van der Waals surface area contributed by atoms with Gasteiger partial charge in [0.05, 0.1) is 25.3 Å². The van der Waals surface area contributed by atoms with Crippen LogP contribution in [0.25, 0.3) is 0 Å². The molecule has 0 bridgehead atoms. The van der Waals surface area contributed by atoms with E-state index in [-0.39, 0.29) is 18.2 Å². The number of nitrogens with zero attached hydrogens (tertiary/aromatic N) is 3. The molecule has 0 saturated carbocycles. The molecule has 0 spiro atoms. The summed E-state index contributed by atoms with van der Waals surface area (Å²) in [6.45, 7) is 3.14. The number of carboxylic acid groups (broad SMARTS) is 1. The van der Waals surface area contributed by atoms with Crippen molar-refractivity contribution in [3.63, 3.8) is 0 Å². The summed E-state index contributed by atoms with van der Waals surface area (Å²) in [7, 11) is 1.55. The Balaban J connectivity index is 1.70. The van der Waals surface area contributed by atoms with Crippen molar-refractivity contribution < 1.29 is 19.4 Å². The van der Waals surface area contributed by atoms with Gasteiger partial charge in [0.2, 0.25) is 5.91 Å². The molecule has 0 aliphatic carbocycles. The summed E-state index contributed by atoms with van der Waals surface area (Å²) < 4.78 is 5.25. The highest BCUT2D eigenvalue weighted by molar-refractivity contribution is 5.81. The average Bonchev–Trinajstić information content (AvgIpc) is 2.74. The standard InChI is InChI=1S/C21H26N4O4/c1-21(13-19(26)27,16-4-3-5-17(12-16)29-2)24-20(28)15-6-10-25(11-7-15)18-14-22-8-9-23-18/h3-5,8-9,12,14-15H,6-7,10-11,13H2,1-2H3,(H,24,28)(H,26,27). The van der Waals surface area contributed by atoms with E-state index in [0.717, 1.165) is 5.82 Å². The first-order valence-corrected chi connectivity index (χ1v) is 9.60. The smallest absolute Gasteiger partial charge is 0.306 e. The van der Waals surface area contributed by atoms with Crippen LogP contribution in [0.2, 0.25) is 0 Å². The molecular weight excluding hydrogens is 372 g/mol. The van der Waals surface area contributed by atoms with E-state index in [4.69, 9.17) is 4.74 Å². The first-order valence-electron chi connectivity index (χ1n) is 9.60. The van der Waals surface area contributed by atoms with E-state index in [9.17, 15) is 14.7 Å². The van der Waals surface area contributed by atoms with E-state index in [0.29, 0.717) is 37.2 Å². The SMILES string of the molecule is COc1cccc(C(C)(CC(=O)O)NC(=O)C2CCN(c3cnccn3)CC2)c1. The molecule has 1 aliphatic rings. The van der Waals surface area contributed by atoms with Crippen LogP contribution in [0, 0.1) is 5.92 Å². The Hall–Kier alpha value is -3.16. The number of methoxy groups -OCH3 is 1. The minimum Gasteiger partial charge on any atom is -0.497 e. The molecule has 1 amide bonds. The molecule has 8 nitrogen and oxygen atoms in total. The van der Waals surface area contributed by atoms with E-state index in [2.05, 4.69) is 20.2 Å². The van der Waals surface area contributed by atoms with Crippen molar-refractivity contribution in [1.82, 2.24) is 15.3 Å². The number of carbonyl (C=O) groups excluding carboxylic acids is 1. The van der Waals surface area contributed by atoms with Gasteiger partial charge in [-0.3, -0.25) is 14.6 Å². The van der Waals surface area contributed by atoms with Crippen LogP contribution < -0.4 is 15.0 Å². The number of amides is 1. The fourth-order valence-electron chi connectivity index (χ4n) is 3.69. The number of carboxylic acids is 1. The van der Waals surface area contributed by atoms with Crippen molar-refractivity contribution in [2.75, 3.05) is 25.1 Å². The maximum atomic E-state index is 13.0. The summed E-state index contributed by atoms with van der Waals surface area (Å²) in [5, 5.41) is 12.4. The maximum absolute atomic E-state index is 13.0. The van der Waals surface area contributed by atoms with Crippen molar-refractivity contribution in [1.29, 1.82) is 0 Å². The third-order valence-electron chi connectivity index (χ3n) is 5.35. The third-order valence-corrected chi connectivity index (χ3v) is 5.35. The lowest BCUT2D eigenvalue weighted by Gasteiger charge is -2.35. The quantitative estimate of drug-likeness (QED) is 0.737. The number of nitrogens with one attached hydrogen (secondary N) is 1. The molecule has 1 aromatic carbocycles. The van der Waals surface area contributed by atoms with E-state index >= 15 is 0 Å². The lowest BCUT2D eigenvalue weighted by Crippen LogP contribution is -2.49. The lowest BCUT2D eigenvalue weighted by molar-refractivity contribution is -0.139. The number of hydrogen-bond acceptors (Lipinski definition) is 6. The van der Waals surface area contributed by atoms with Gasteiger partial charge in [-0.1, -0.05) is 12.1 Å². The summed E-state index contributed by atoms with van der Waals surface area (Å²) in [5.41, 5.74) is -0.330. The summed E-state index contributed by atoms with van der Waals surface area (Å²) in [6, 6.07) is 7.15. The largest absolute Gasteiger partial charge is 0.497 e. The monoisotopic (exact) mass is 398 g/mol. The number of carbonyl (C=O) groups is 2. The topological polar surface area (TPSA) is 105 Å². The number of benzene rings is 1. The normalized spacial score (nSPS) is 16.7. The molecule has 2 N–H and O–H groups in total. The molecular formula is C21H26N4O4. The Labute approximate surface area is 169 Å². The van der Waals surface area contributed by atoms with Gasteiger partial charge in [-0.2, -0.15) is 0 Å². The fraction of sp³-hybridized carbons (Fsp3) is 0.429. The maximum Gasteiger partial charge on any atom is 0.306 e. The summed E-state index contributed by atoms with van der Waals surface area (Å²) in [4.78, 5) is 35.0. The van der Waals surface area contributed by atoms with Crippen molar-refractivity contribution >= 4 is 17.7 Å². The second kappa shape index (κ2) is 8.89. The Morgan fingerprint density at radius 2 is 2.07 bits per heavy atom. The van der Waals surface area contributed by atoms with Crippen LogP contribution in [0.5, 0.6) is 5.75 Å². The Morgan fingerprint density at radius 3 is 2.69 bits per heavy atom. The molecule has 1 atom stereocenters. The van der Waals surface area contributed by atoms with Crippen LogP contribution in [0.1, 0.15) is 31.7 Å². The minimum atomic E-state index is -1.03. The molecule has 3 rings (SSSR count). The summed E-state index contributed by atoms with van der Waals surface area (Å²) in [5.74, 6) is 0.134. The van der Waals surface area contributed by atoms with Gasteiger partial charge in [-0.05, 0) is 37.5 Å². The zero-order valence-electron chi connectivity index (χ0n) is 16.7. The number of aliphatic carboxylic acids is 1. The number of aromatic nitrogens is 2. The predicted molar refractivity (Wildman–Crippen MR) is 108 cm³/mol. The van der Waals surface area contributed by atoms with Gasteiger partial charge in [0.25, 0.3) is 0 Å². The van der Waals surface area contributed by atoms with Gasteiger partial charge < -0.3 is 20.1 Å². The Morgan fingerprint density at radius 1 is 1.31 bits per heavy atom. The fourth-order valence-corrected chi connectivity index (χ4v) is 3.69. The molecule has 1 fully saturated rings. The number of hydrogen-bond donors (Lipinski definition) is 2. The average molecular weight is 398 g/mol. The number of anilines is 1. The molecule has 0 radical (unpaired) electrons. The molecule has 29 heavy (non-hydrogen) atoms. The van der Waals surface area contributed by atoms with Gasteiger partial charge in [0.1, 0.15) is 11.6 Å². The Kier molecular flexibility index (Phi) is 6.31. The summed E-state index contributed by atoms with van der Waals surface area (Å²) in [6.07, 6.45) is 6.12. The van der Waals surface area contributed by atoms with Crippen LogP contribution in [-0.2, 0) is 15.1 Å². The predicted octanol–water partition coefficient (Wildman–Crippen LogP) is 2.21. The molecule has 154 valence electrons. The highest BCUT2D eigenvalue weighted by Gasteiger charge is 2.35. The van der Waals surface area contributed by atoms with E-state index in [1.807, 2.05) is 6.07 Å². The van der Waals surface area contributed by atoms with Crippen LogP contribution in [-0.4, -0.2) is 47.2 Å². The number of ether oxygens (including phenoxy) is 1. The molecule has 1 saturated heterocycles. The molecule has 1 aliphatic heterocycles. The Bertz CT molecular complexity index is 853. The van der Waals surface area contributed by atoms with Gasteiger partial charge >= 0.3 is 5.97 Å². The number of piperidine rings is 1. The van der Waals surface area contributed by atoms with Gasteiger partial charge in [-0.25, -0.2) is 4.98 Å². The van der Waals surface area contributed by atoms with Crippen LogP contribution in [0.3, 0.4) is 0 Å². The molecule has 2 heterocycles. The van der Waals surface area contributed by atoms with Crippen LogP contribution in [0.4, 0.5) is 5.82 Å². The van der Waals surface area contributed by atoms with E-state index in [1.54, 1.807) is 50.8 Å². The van der Waals surface area contributed by atoms with Crippen molar-refractivity contribution in [3.8, 4) is 5.75 Å². The van der Waals surface area contributed by atoms with Gasteiger partial charge in [0.15, 0.2) is 0 Å². The zero-order chi connectivity index (χ0) is 20.9. The third kappa shape index (κ3) is 5.01. The molecule has 1 aromatic heterocycles. The highest BCUT2D eigenvalue weighted by atomic mass is 16.5. The zero-order valence-corrected chi connectivity index (χ0v) is 16.7. The van der Waals surface area contributed by atoms with E-state index < -0.39 is 11.5 Å². The first kappa shape index (κ1) is 20.6. The lowest BCUT2D eigenvalue weighted by atomic mass is 9.86. The highest BCUT2D eigenvalue weighted by Crippen LogP contribution is 2.29. The molecule has 8 heteroatoms. The van der Waals surface area contributed by atoms with Crippen molar-refractivity contribution in [3.05, 3.63) is 48.4 Å². The van der Waals surface area contributed by atoms with Crippen molar-refractivity contribution in [2.45, 2.75) is 31.7 Å². The minimum absolute atomic E-state index is 0.129. The van der Waals surface area contributed by atoms with Crippen molar-refractivity contribution in [2.24, 2.45) is 5.92 Å². The van der Waals surface area contributed by atoms with E-state index in [1.165, 1.54) is 0 Å². The van der Waals surface area contributed by atoms with Crippen LogP contribution in [0.15, 0.2) is 42.9 Å². The van der Waals surface area contributed by atoms with Gasteiger partial charge in [-0.15, -0.1) is 0 Å². The molecule has 1 unspecified atom stereocenters. The molecule has 2 aromatic rings. The number of rotatable bonds is 7. The first-order chi connectivity index (χ1) is 13.9. The summed E-state index contributed by atoms with van der Waals surface area (Å²) >= 11 is 0.